The van der Waals surface area contributed by atoms with E-state index in [1.807, 2.05) is 0 Å². The Balaban J connectivity index is 2.95. The molecule has 0 rings (SSSR count). The lowest BCUT2D eigenvalue weighted by atomic mass is 10.1. The fourth-order valence-corrected chi connectivity index (χ4v) is 2.10. The first-order valence-electron chi connectivity index (χ1n) is 8.18. The predicted octanol–water partition coefficient (Wildman–Crippen LogP) is 3.67. The summed E-state index contributed by atoms with van der Waals surface area (Å²) in [6.45, 7) is 3.43. The normalized spacial score (nSPS) is 12.8. The summed E-state index contributed by atoms with van der Waals surface area (Å²) in [5.74, 6) is 0. The molecule has 0 saturated carbocycles. The third-order valence-electron chi connectivity index (χ3n) is 3.45. The zero-order valence-electron chi connectivity index (χ0n) is 12.8. The van der Waals surface area contributed by atoms with E-state index >= 15 is 0 Å². The van der Waals surface area contributed by atoms with Gasteiger partial charge in [-0.05, 0) is 12.8 Å². The molecule has 0 aliphatic rings. The van der Waals surface area contributed by atoms with E-state index in [-0.39, 0.29) is 6.61 Å². The van der Waals surface area contributed by atoms with Gasteiger partial charge in [0.05, 0.1) is 12.7 Å². The van der Waals surface area contributed by atoms with Crippen LogP contribution in [-0.2, 0) is 4.74 Å². The lowest BCUT2D eigenvalue weighted by Crippen LogP contribution is -2.14. The van der Waals surface area contributed by atoms with Crippen LogP contribution in [0.25, 0.3) is 0 Å². The highest BCUT2D eigenvalue weighted by Crippen LogP contribution is 2.10. The van der Waals surface area contributed by atoms with Gasteiger partial charge in [-0.15, -0.1) is 0 Å². The molecule has 0 fully saturated rings. The fourth-order valence-electron chi connectivity index (χ4n) is 2.10. The highest BCUT2D eigenvalue weighted by Gasteiger charge is 2.00. The Morgan fingerprint density at radius 2 is 1.32 bits per heavy atom. The zero-order valence-corrected chi connectivity index (χ0v) is 12.8. The van der Waals surface area contributed by atoms with Crippen LogP contribution in [0.2, 0.25) is 0 Å². The quantitative estimate of drug-likeness (QED) is 0.448. The van der Waals surface area contributed by atoms with Gasteiger partial charge < -0.3 is 14.9 Å². The van der Waals surface area contributed by atoms with Gasteiger partial charge in [0.1, 0.15) is 0 Å². The van der Waals surface area contributed by atoms with Crippen molar-refractivity contribution in [1.29, 1.82) is 0 Å². The molecule has 1 unspecified atom stereocenters. The first-order chi connectivity index (χ1) is 9.31. The van der Waals surface area contributed by atoms with Crippen molar-refractivity contribution in [3.05, 3.63) is 0 Å². The van der Waals surface area contributed by atoms with E-state index in [0.29, 0.717) is 13.0 Å². The monoisotopic (exact) mass is 274 g/mol. The van der Waals surface area contributed by atoms with Gasteiger partial charge in [-0.3, -0.25) is 0 Å². The number of aliphatic hydroxyl groups is 2. The predicted molar refractivity (Wildman–Crippen MR) is 80.4 cm³/mol. The summed E-state index contributed by atoms with van der Waals surface area (Å²) in [6, 6.07) is 0. The Bertz CT molecular complexity index is 162. The summed E-state index contributed by atoms with van der Waals surface area (Å²) in [6.07, 6.45) is 13.3. The van der Waals surface area contributed by atoms with Gasteiger partial charge in [-0.1, -0.05) is 64.7 Å². The first kappa shape index (κ1) is 18.9. The molecule has 0 spiro atoms. The standard InChI is InChI=1S/C16H34O3/c1-2-3-4-5-6-7-8-9-10-11-13-19-14-12-16(18)15-17/h16-18H,2-15H2,1H3. The average Bonchev–Trinajstić information content (AvgIpc) is 2.43. The lowest BCUT2D eigenvalue weighted by molar-refractivity contribution is 0.0475. The Kier molecular flexibility index (Phi) is 15.8. The minimum absolute atomic E-state index is 0.165. The van der Waals surface area contributed by atoms with Crippen LogP contribution in [0.15, 0.2) is 0 Å². The molecule has 0 aliphatic heterocycles. The SMILES string of the molecule is CCCCCCCCCCCCOCCC(O)CO. The van der Waals surface area contributed by atoms with Crippen LogP contribution in [-0.4, -0.2) is 36.1 Å². The molecule has 3 nitrogen and oxygen atoms in total. The van der Waals surface area contributed by atoms with Crippen LogP contribution in [0.3, 0.4) is 0 Å². The third kappa shape index (κ3) is 15.8. The minimum Gasteiger partial charge on any atom is -0.394 e. The van der Waals surface area contributed by atoms with Crippen LogP contribution >= 0.6 is 0 Å². The molecule has 0 heterocycles. The highest BCUT2D eigenvalue weighted by atomic mass is 16.5. The van der Waals surface area contributed by atoms with Gasteiger partial charge in [-0.2, -0.15) is 0 Å². The van der Waals surface area contributed by atoms with Crippen LogP contribution in [0, 0.1) is 0 Å². The third-order valence-corrected chi connectivity index (χ3v) is 3.45. The minimum atomic E-state index is -0.618. The molecular formula is C16H34O3. The topological polar surface area (TPSA) is 49.7 Å². The molecule has 0 radical (unpaired) electrons. The molecule has 0 aliphatic carbocycles. The Hall–Kier alpha value is -0.120. The van der Waals surface area contributed by atoms with Crippen molar-refractivity contribution in [1.82, 2.24) is 0 Å². The van der Waals surface area contributed by atoms with Gasteiger partial charge in [0, 0.05) is 13.2 Å². The lowest BCUT2D eigenvalue weighted by Gasteiger charge is -2.07. The van der Waals surface area contributed by atoms with Crippen molar-refractivity contribution in [3.8, 4) is 0 Å². The Morgan fingerprint density at radius 1 is 0.789 bits per heavy atom. The molecule has 0 amide bonds. The molecule has 0 aromatic heterocycles. The number of unbranched alkanes of at least 4 members (excludes halogenated alkanes) is 9. The molecule has 0 saturated heterocycles. The Morgan fingerprint density at radius 3 is 1.84 bits per heavy atom. The zero-order chi connectivity index (χ0) is 14.2. The van der Waals surface area contributed by atoms with Crippen LogP contribution in [0.1, 0.15) is 77.6 Å². The number of aliphatic hydroxyl groups excluding tert-OH is 2. The van der Waals surface area contributed by atoms with Crippen molar-refractivity contribution in [2.24, 2.45) is 0 Å². The fraction of sp³-hybridized carbons (Fsp3) is 1.00. The molecule has 2 N–H and O–H groups in total. The van der Waals surface area contributed by atoms with E-state index in [1.165, 1.54) is 57.8 Å². The maximum atomic E-state index is 9.11. The smallest absolute Gasteiger partial charge is 0.0792 e. The molecule has 0 aromatic carbocycles. The molecular weight excluding hydrogens is 240 g/mol. The number of hydrogen-bond donors (Lipinski definition) is 2. The van der Waals surface area contributed by atoms with Crippen molar-refractivity contribution in [2.45, 2.75) is 83.7 Å². The van der Waals surface area contributed by atoms with Crippen LogP contribution in [0.5, 0.6) is 0 Å². The molecule has 3 heteroatoms. The molecule has 0 aromatic rings. The van der Waals surface area contributed by atoms with E-state index in [9.17, 15) is 0 Å². The summed E-state index contributed by atoms with van der Waals surface area (Å²) >= 11 is 0. The van der Waals surface area contributed by atoms with E-state index < -0.39 is 6.10 Å². The van der Waals surface area contributed by atoms with Gasteiger partial charge in [0.2, 0.25) is 0 Å². The highest BCUT2D eigenvalue weighted by molar-refractivity contribution is 4.51. The van der Waals surface area contributed by atoms with Crippen molar-refractivity contribution in [2.75, 3.05) is 19.8 Å². The summed E-state index contributed by atoms with van der Waals surface area (Å²) in [5.41, 5.74) is 0. The van der Waals surface area contributed by atoms with E-state index in [2.05, 4.69) is 6.92 Å². The maximum absolute atomic E-state index is 9.11. The van der Waals surface area contributed by atoms with E-state index in [0.717, 1.165) is 13.0 Å². The van der Waals surface area contributed by atoms with Crippen molar-refractivity contribution >= 4 is 0 Å². The summed E-state index contributed by atoms with van der Waals surface area (Å²) in [5, 5.41) is 17.7. The van der Waals surface area contributed by atoms with Crippen LogP contribution in [0.4, 0.5) is 0 Å². The van der Waals surface area contributed by atoms with Crippen molar-refractivity contribution < 1.29 is 14.9 Å². The number of rotatable bonds is 15. The second-order valence-electron chi connectivity index (χ2n) is 5.42. The number of hydrogen-bond acceptors (Lipinski definition) is 3. The number of ether oxygens (including phenoxy) is 1. The van der Waals surface area contributed by atoms with Gasteiger partial charge in [0.25, 0.3) is 0 Å². The average molecular weight is 274 g/mol. The Labute approximate surface area is 119 Å². The van der Waals surface area contributed by atoms with Gasteiger partial charge in [0.15, 0.2) is 0 Å². The van der Waals surface area contributed by atoms with Gasteiger partial charge in [-0.25, -0.2) is 0 Å². The molecule has 116 valence electrons. The van der Waals surface area contributed by atoms with Gasteiger partial charge >= 0.3 is 0 Å². The molecule has 1 atom stereocenters. The second kappa shape index (κ2) is 15.9. The first-order valence-corrected chi connectivity index (χ1v) is 8.18. The molecule has 19 heavy (non-hydrogen) atoms. The van der Waals surface area contributed by atoms with Crippen molar-refractivity contribution in [3.63, 3.8) is 0 Å². The summed E-state index contributed by atoms with van der Waals surface area (Å²) in [4.78, 5) is 0. The summed E-state index contributed by atoms with van der Waals surface area (Å²) < 4.78 is 5.41. The van der Waals surface area contributed by atoms with Crippen LogP contribution < -0.4 is 0 Å². The maximum Gasteiger partial charge on any atom is 0.0792 e. The van der Waals surface area contributed by atoms with E-state index in [1.54, 1.807) is 0 Å². The largest absolute Gasteiger partial charge is 0.394 e. The second-order valence-corrected chi connectivity index (χ2v) is 5.42. The van der Waals surface area contributed by atoms with E-state index in [4.69, 9.17) is 14.9 Å². The summed E-state index contributed by atoms with van der Waals surface area (Å²) in [7, 11) is 0. The molecule has 0 bridgehead atoms.